The van der Waals surface area contributed by atoms with Crippen molar-refractivity contribution >= 4 is 56.5 Å². The van der Waals surface area contributed by atoms with E-state index in [1.165, 1.54) is 34.3 Å². The first-order valence-electron chi connectivity index (χ1n) is 13.3. The Morgan fingerprint density at radius 2 is 1.45 bits per heavy atom. The normalized spacial score (nSPS) is 38.2. The van der Waals surface area contributed by atoms with E-state index in [9.17, 15) is 9.13 Å². The van der Waals surface area contributed by atoms with Crippen molar-refractivity contribution in [2.45, 2.75) is 49.2 Å². The minimum absolute atomic E-state index is 0.0755. The zero-order valence-corrected chi connectivity index (χ0v) is 24.9. The average molecular weight is 655 g/mol. The maximum atomic E-state index is 16.0. The number of halogens is 2. The molecule has 3 fully saturated rings. The molecule has 4 N–H and O–H groups in total. The summed E-state index contributed by atoms with van der Waals surface area (Å²) < 4.78 is 95.9. The van der Waals surface area contributed by atoms with Crippen molar-refractivity contribution in [2.75, 3.05) is 31.3 Å². The van der Waals surface area contributed by atoms with Gasteiger partial charge >= 0.3 is 7.60 Å². The number of aromatic nitrogens is 7. The predicted molar refractivity (Wildman–Crippen MR) is 151 cm³/mol. The standard InChI is InChI=1S/C22H26BF2N9O8P2/c1-43(35)37-4-10-17(13(25)22(39-10)34-8-32-15-18(27)29-6-30-20(15)34)42-44(23,36)38-5-11-16(41-43)12(24)21(40-11)33-7-31-14-9(26)2-3-28-19(14)33/h2-3,6-8,10-13,16-17,21-22H,4-5,23H2,1H3,(H2,26,28)(H2,27,29,30)/t10-,11-,12-,13-,16-,17-,21-,22-,43+,44-/m1/s1. The van der Waals surface area contributed by atoms with Gasteiger partial charge in [0.15, 0.2) is 41.9 Å². The van der Waals surface area contributed by atoms with Gasteiger partial charge in [-0.15, -0.1) is 0 Å². The fourth-order valence-corrected chi connectivity index (χ4v) is 7.82. The maximum Gasteiger partial charge on any atom is 0.328 e. The number of hydrogen-bond acceptors (Lipinski definition) is 15. The Bertz CT molecular complexity index is 1700. The molecule has 4 aromatic rings. The van der Waals surface area contributed by atoms with Gasteiger partial charge in [-0.05, 0) is 6.07 Å². The lowest BCUT2D eigenvalue weighted by Gasteiger charge is -2.29. The number of nitrogen functional groups attached to an aromatic ring is 2. The molecule has 3 aliphatic rings. The van der Waals surface area contributed by atoms with Crippen molar-refractivity contribution in [2.24, 2.45) is 0 Å². The minimum Gasteiger partial charge on any atom is -0.397 e. The Morgan fingerprint density at radius 1 is 0.864 bits per heavy atom. The van der Waals surface area contributed by atoms with Crippen LogP contribution in [0.5, 0.6) is 0 Å². The Kier molecular flexibility index (Phi) is 7.25. The molecular formula is C22H26BF2N9O8P2. The number of nitrogens with zero attached hydrogens (tertiary/aromatic N) is 7. The molecule has 0 amide bonds. The predicted octanol–water partition coefficient (Wildman–Crippen LogP) is 1.29. The van der Waals surface area contributed by atoms with Gasteiger partial charge in [0.25, 0.3) is 15.0 Å². The molecule has 3 saturated heterocycles. The van der Waals surface area contributed by atoms with E-state index < -0.39 is 77.5 Å². The highest BCUT2D eigenvalue weighted by atomic mass is 31.2. The molecule has 0 aliphatic carbocycles. The van der Waals surface area contributed by atoms with E-state index in [1.54, 1.807) is 6.07 Å². The van der Waals surface area contributed by atoms with Gasteiger partial charge in [-0.3, -0.25) is 22.8 Å². The molecular weight excluding hydrogens is 629 g/mol. The van der Waals surface area contributed by atoms with Crippen LogP contribution in [0.1, 0.15) is 12.5 Å². The van der Waals surface area contributed by atoms with E-state index in [2.05, 4.69) is 24.9 Å². The molecule has 234 valence electrons. The maximum absolute atomic E-state index is 16.0. The minimum atomic E-state index is -4.05. The van der Waals surface area contributed by atoms with Crippen molar-refractivity contribution in [3.63, 3.8) is 0 Å². The highest BCUT2D eigenvalue weighted by Crippen LogP contribution is 2.54. The summed E-state index contributed by atoms with van der Waals surface area (Å²) in [5.74, 6) is 0.0755. The van der Waals surface area contributed by atoms with Crippen LogP contribution < -0.4 is 11.5 Å². The van der Waals surface area contributed by atoms with Gasteiger partial charge in [-0.1, -0.05) is 0 Å². The van der Waals surface area contributed by atoms with Crippen molar-refractivity contribution in [3.05, 3.63) is 31.2 Å². The summed E-state index contributed by atoms with van der Waals surface area (Å²) in [5.41, 5.74) is 13.1. The summed E-state index contributed by atoms with van der Waals surface area (Å²) in [7, 11) is -6.97. The van der Waals surface area contributed by atoms with E-state index in [1.807, 2.05) is 0 Å². The van der Waals surface area contributed by atoms with Crippen LogP contribution in [-0.2, 0) is 36.7 Å². The molecule has 17 nitrogen and oxygen atoms in total. The topological polar surface area (TPSA) is 216 Å². The summed E-state index contributed by atoms with van der Waals surface area (Å²) in [6.45, 7) is 0.0697. The third-order valence-corrected chi connectivity index (χ3v) is 10.0. The Balaban J connectivity index is 1.17. The molecule has 4 aromatic heterocycles. The first kappa shape index (κ1) is 29.6. The summed E-state index contributed by atoms with van der Waals surface area (Å²) in [5, 5.41) is 0. The molecule has 10 atom stereocenters. The van der Waals surface area contributed by atoms with Crippen LogP contribution in [0.15, 0.2) is 31.2 Å². The monoisotopic (exact) mass is 655 g/mol. The Hall–Kier alpha value is -3.09. The van der Waals surface area contributed by atoms with Crippen molar-refractivity contribution < 1.29 is 45.5 Å². The molecule has 0 aromatic carbocycles. The fraction of sp³-hybridized carbons (Fsp3) is 0.500. The van der Waals surface area contributed by atoms with Crippen molar-refractivity contribution in [1.82, 2.24) is 34.1 Å². The second-order valence-electron chi connectivity index (χ2n) is 10.6. The van der Waals surface area contributed by atoms with Crippen LogP contribution in [-0.4, -0.2) is 98.3 Å². The van der Waals surface area contributed by atoms with Crippen LogP contribution in [0.3, 0.4) is 0 Å². The van der Waals surface area contributed by atoms with E-state index in [4.69, 9.17) is 39.0 Å². The molecule has 3 aliphatic heterocycles. The summed E-state index contributed by atoms with van der Waals surface area (Å²) in [6.07, 6.45) is -6.92. The van der Waals surface area contributed by atoms with Gasteiger partial charge in [-0.2, -0.15) is 0 Å². The summed E-state index contributed by atoms with van der Waals surface area (Å²) in [4.78, 5) is 20.5. The molecule has 44 heavy (non-hydrogen) atoms. The van der Waals surface area contributed by atoms with Crippen molar-refractivity contribution in [3.8, 4) is 0 Å². The second-order valence-corrected chi connectivity index (χ2v) is 14.6. The van der Waals surface area contributed by atoms with Crippen LogP contribution in [0, 0.1) is 0 Å². The zero-order valence-electron chi connectivity index (χ0n) is 23.1. The first-order valence-corrected chi connectivity index (χ1v) is 17.3. The number of rotatable bonds is 2. The molecule has 0 bridgehead atoms. The number of alkyl halides is 2. The van der Waals surface area contributed by atoms with Gasteiger partial charge in [0.2, 0.25) is 0 Å². The van der Waals surface area contributed by atoms with Crippen LogP contribution in [0.2, 0.25) is 0 Å². The quantitative estimate of drug-likeness (QED) is 0.230. The van der Waals surface area contributed by atoms with Gasteiger partial charge in [0.05, 0.1) is 31.6 Å². The number of hydrogen-bond donors (Lipinski definition) is 2. The molecule has 7 heterocycles. The molecule has 0 unspecified atom stereocenters. The Morgan fingerprint density at radius 3 is 2.14 bits per heavy atom. The highest BCUT2D eigenvalue weighted by molar-refractivity contribution is 7.79. The molecule has 7 rings (SSSR count). The third kappa shape index (κ3) is 5.08. The van der Waals surface area contributed by atoms with Crippen LogP contribution in [0.25, 0.3) is 22.3 Å². The van der Waals surface area contributed by atoms with E-state index in [0.717, 1.165) is 14.2 Å². The number of ether oxygens (including phenoxy) is 2. The van der Waals surface area contributed by atoms with Gasteiger partial charge in [-0.25, -0.2) is 33.7 Å². The van der Waals surface area contributed by atoms with Crippen molar-refractivity contribution in [1.29, 1.82) is 0 Å². The van der Waals surface area contributed by atoms with Crippen LogP contribution in [0.4, 0.5) is 20.3 Å². The lowest BCUT2D eigenvalue weighted by molar-refractivity contribution is -0.0556. The van der Waals surface area contributed by atoms with Gasteiger partial charge in [0, 0.05) is 12.9 Å². The van der Waals surface area contributed by atoms with E-state index in [-0.39, 0.29) is 22.6 Å². The third-order valence-electron chi connectivity index (χ3n) is 7.53. The Labute approximate surface area is 248 Å². The molecule has 0 spiro atoms. The van der Waals surface area contributed by atoms with E-state index >= 15 is 8.78 Å². The SMILES string of the molecule is B[P@@]1(=O)OC[C@H]2O[C@@H](n3cnc4c(N)ccnc43)[C@H](F)[C@@H]2O[P@@](C)(=O)OC[C@H]2O[C@@H](n3cnc4c(N)ncnc43)[C@H](F)[C@@H]2O1. The highest BCUT2D eigenvalue weighted by Gasteiger charge is 2.54. The largest absolute Gasteiger partial charge is 0.397 e. The summed E-state index contributed by atoms with van der Waals surface area (Å²) in [6, 6.07) is 1.54. The average Bonchev–Trinajstić information content (AvgIpc) is 3.73. The number of pyridine rings is 1. The lowest BCUT2D eigenvalue weighted by Crippen LogP contribution is -2.37. The van der Waals surface area contributed by atoms with E-state index in [0.29, 0.717) is 11.2 Å². The van der Waals surface area contributed by atoms with Crippen LogP contribution >= 0.6 is 15.1 Å². The fourth-order valence-electron chi connectivity index (χ4n) is 5.47. The number of imidazole rings is 2. The molecule has 0 radical (unpaired) electrons. The smallest absolute Gasteiger partial charge is 0.328 e. The molecule has 22 heteroatoms. The second kappa shape index (κ2) is 10.8. The van der Waals surface area contributed by atoms with Gasteiger partial charge in [0.1, 0.15) is 41.8 Å². The first-order chi connectivity index (χ1) is 20.9. The number of anilines is 2. The molecule has 0 saturated carbocycles. The summed E-state index contributed by atoms with van der Waals surface area (Å²) >= 11 is 0. The zero-order chi connectivity index (χ0) is 31.0. The lowest BCUT2D eigenvalue weighted by atomic mass is 10.1. The number of nitrogens with two attached hydrogens (primary N) is 2. The number of fused-ring (bicyclic) bond motifs is 4. The van der Waals surface area contributed by atoms with Gasteiger partial charge < -0.3 is 34.5 Å².